The Labute approximate surface area is 161 Å². The van der Waals surface area contributed by atoms with Crippen molar-refractivity contribution in [2.75, 3.05) is 13.1 Å². The lowest BCUT2D eigenvalue weighted by Gasteiger charge is -2.48. The van der Waals surface area contributed by atoms with Gasteiger partial charge in [0.1, 0.15) is 6.04 Å². The first-order valence-corrected chi connectivity index (χ1v) is 10.2. The molecule has 142 valence electrons. The first kappa shape index (κ1) is 18.2. The van der Waals surface area contributed by atoms with E-state index < -0.39 is 0 Å². The van der Waals surface area contributed by atoms with Crippen LogP contribution in [0.15, 0.2) is 49.2 Å². The van der Waals surface area contributed by atoms with Crippen LogP contribution in [-0.2, 0) is 9.53 Å². The summed E-state index contributed by atoms with van der Waals surface area (Å²) in [6.07, 6.45) is 7.38. The van der Waals surface area contributed by atoms with Gasteiger partial charge in [-0.2, -0.15) is 0 Å². The van der Waals surface area contributed by atoms with Gasteiger partial charge in [0.15, 0.2) is 6.10 Å². The number of nitrogens with one attached hydrogen (secondary N) is 1. The van der Waals surface area contributed by atoms with E-state index in [9.17, 15) is 4.79 Å². The molecule has 3 fully saturated rings. The van der Waals surface area contributed by atoms with E-state index in [1.165, 1.54) is 6.42 Å². The molecule has 2 aromatic rings. The number of quaternary nitrogens is 1. The minimum Gasteiger partial charge on any atom is -0.451 e. The molecule has 3 aliphatic rings. The fraction of sp³-hybridized carbons (Fsp3) is 0.478. The Morgan fingerprint density at radius 3 is 3.00 bits per heavy atom. The van der Waals surface area contributed by atoms with Crippen LogP contribution in [0.1, 0.15) is 44.3 Å². The molecular weight excluding hydrogens is 336 g/mol. The van der Waals surface area contributed by atoms with Crippen LogP contribution in [0.25, 0.3) is 10.9 Å². The van der Waals surface area contributed by atoms with Crippen LogP contribution in [0, 0.1) is 11.8 Å². The maximum absolute atomic E-state index is 12.5. The monoisotopic (exact) mass is 365 g/mol. The molecule has 4 nitrogen and oxygen atoms in total. The van der Waals surface area contributed by atoms with Gasteiger partial charge in [0.2, 0.25) is 0 Å². The van der Waals surface area contributed by atoms with Crippen LogP contribution in [-0.4, -0.2) is 30.1 Å². The number of hydrogen-bond acceptors (Lipinski definition) is 3. The minimum atomic E-state index is -0.208. The van der Waals surface area contributed by atoms with Gasteiger partial charge in [-0.3, -0.25) is 9.78 Å². The lowest BCUT2D eigenvalue weighted by molar-refractivity contribution is -0.949. The number of aromatic nitrogens is 1. The van der Waals surface area contributed by atoms with Crippen LogP contribution in [0.4, 0.5) is 0 Å². The number of para-hydroxylation sites is 1. The number of piperidine rings is 3. The van der Waals surface area contributed by atoms with E-state index in [-0.39, 0.29) is 12.1 Å². The van der Waals surface area contributed by atoms with Gasteiger partial charge in [-0.05, 0) is 24.5 Å². The number of fused-ring (bicyclic) bond motifs is 4. The predicted octanol–water partition coefficient (Wildman–Crippen LogP) is 3.10. The number of carbonyl (C=O) groups excluding carboxylic acids is 1. The van der Waals surface area contributed by atoms with Crippen molar-refractivity contribution in [2.24, 2.45) is 11.8 Å². The van der Waals surface area contributed by atoms with E-state index in [1.807, 2.05) is 37.4 Å². The normalized spacial score (nSPS) is 28.0. The van der Waals surface area contributed by atoms with Crippen LogP contribution < -0.4 is 4.90 Å². The van der Waals surface area contributed by atoms with Gasteiger partial charge in [0.25, 0.3) is 0 Å². The third kappa shape index (κ3) is 3.51. The first-order valence-electron chi connectivity index (χ1n) is 10.2. The van der Waals surface area contributed by atoms with Crippen LogP contribution in [0.5, 0.6) is 0 Å². The van der Waals surface area contributed by atoms with Gasteiger partial charge in [0.05, 0.1) is 18.6 Å². The van der Waals surface area contributed by atoms with Crippen molar-refractivity contribution < 1.29 is 14.4 Å². The molecule has 1 aromatic carbocycles. The van der Waals surface area contributed by atoms with E-state index in [2.05, 4.69) is 23.7 Å². The molecule has 5 rings (SSSR count). The number of rotatable bonds is 6. The summed E-state index contributed by atoms with van der Waals surface area (Å²) in [5, 5.41) is 1.09. The van der Waals surface area contributed by atoms with Crippen molar-refractivity contribution in [3.05, 3.63) is 54.7 Å². The maximum Gasteiger partial charge on any atom is 0.306 e. The summed E-state index contributed by atoms with van der Waals surface area (Å²) in [6.45, 7) is 8.31. The standard InChI is InChI=1S/C23H28N2O2/c1-3-7-22(26)27-23(19-10-12-24-20-9-6-5-8-18(19)20)21-14-17-11-13-25(21)15-16(17)4-2/h4-6,8-10,12,16-17,21,23H,2-3,7,11,13-15H2,1H3/p+1/t16-,17-,21-,23+/m0/s1. The Kier molecular flexibility index (Phi) is 5.26. The summed E-state index contributed by atoms with van der Waals surface area (Å²) in [5.41, 5.74) is 2.06. The Morgan fingerprint density at radius 2 is 2.26 bits per heavy atom. The average molecular weight is 365 g/mol. The van der Waals surface area contributed by atoms with Gasteiger partial charge in [-0.15, -0.1) is 6.58 Å². The van der Waals surface area contributed by atoms with Crippen molar-refractivity contribution in [3.63, 3.8) is 0 Å². The molecular formula is C23H29N2O2+. The smallest absolute Gasteiger partial charge is 0.306 e. The van der Waals surface area contributed by atoms with E-state index in [0.717, 1.165) is 42.4 Å². The molecule has 0 aliphatic carbocycles. The quantitative estimate of drug-likeness (QED) is 0.632. The zero-order valence-electron chi connectivity index (χ0n) is 16.1. The highest BCUT2D eigenvalue weighted by Gasteiger charge is 2.47. The number of hydrogen-bond donors (Lipinski definition) is 1. The zero-order valence-corrected chi connectivity index (χ0v) is 16.1. The van der Waals surface area contributed by atoms with Gasteiger partial charge in [0, 0.05) is 42.3 Å². The summed E-state index contributed by atoms with van der Waals surface area (Å²) in [4.78, 5) is 18.5. The Hall–Kier alpha value is -2.20. The van der Waals surface area contributed by atoms with Gasteiger partial charge in [-0.1, -0.05) is 31.2 Å². The zero-order chi connectivity index (χ0) is 18.8. The maximum atomic E-state index is 12.5. The summed E-state index contributed by atoms with van der Waals surface area (Å²) in [7, 11) is 0. The topological polar surface area (TPSA) is 43.6 Å². The van der Waals surface area contributed by atoms with Crippen LogP contribution >= 0.6 is 0 Å². The molecule has 1 aromatic heterocycles. The predicted molar refractivity (Wildman–Crippen MR) is 106 cm³/mol. The molecule has 3 aliphatic heterocycles. The van der Waals surface area contributed by atoms with E-state index in [4.69, 9.17) is 4.74 Å². The molecule has 2 bridgehead atoms. The fourth-order valence-electron chi connectivity index (χ4n) is 5.03. The second-order valence-corrected chi connectivity index (χ2v) is 7.98. The molecule has 0 amide bonds. The molecule has 27 heavy (non-hydrogen) atoms. The molecule has 4 heteroatoms. The highest BCUT2D eigenvalue weighted by Crippen LogP contribution is 2.36. The average Bonchev–Trinajstić information content (AvgIpc) is 2.72. The SMILES string of the molecule is C=C[C@H]1C[NH+]2CC[C@H]1C[C@H]2[C@H](OC(=O)CCC)c1ccnc2ccccc12. The number of nitrogens with zero attached hydrogens (tertiary/aromatic N) is 1. The number of benzene rings is 1. The van der Waals surface area contributed by atoms with Crippen molar-refractivity contribution in [2.45, 2.75) is 44.8 Å². The Balaban J connectivity index is 1.71. The lowest BCUT2D eigenvalue weighted by Crippen LogP contribution is -3.20. The number of carbonyl (C=O) groups is 1. The van der Waals surface area contributed by atoms with E-state index in [1.54, 1.807) is 4.90 Å². The number of ether oxygens (including phenoxy) is 1. The molecule has 1 unspecified atom stereocenters. The lowest BCUT2D eigenvalue weighted by atomic mass is 9.73. The Morgan fingerprint density at radius 1 is 1.41 bits per heavy atom. The van der Waals surface area contributed by atoms with Crippen molar-refractivity contribution >= 4 is 16.9 Å². The van der Waals surface area contributed by atoms with Crippen LogP contribution in [0.3, 0.4) is 0 Å². The van der Waals surface area contributed by atoms with Crippen molar-refractivity contribution in [1.29, 1.82) is 0 Å². The summed E-state index contributed by atoms with van der Waals surface area (Å²) < 4.78 is 6.13. The fourth-order valence-corrected chi connectivity index (χ4v) is 5.03. The number of pyridine rings is 1. The summed E-state index contributed by atoms with van der Waals surface area (Å²) in [5.74, 6) is 1.15. The number of esters is 1. The van der Waals surface area contributed by atoms with E-state index >= 15 is 0 Å². The Bertz CT molecular complexity index is 829. The van der Waals surface area contributed by atoms with Gasteiger partial charge >= 0.3 is 5.97 Å². The first-order chi connectivity index (χ1) is 13.2. The van der Waals surface area contributed by atoms with Crippen LogP contribution in [0.2, 0.25) is 0 Å². The van der Waals surface area contributed by atoms with E-state index in [0.29, 0.717) is 24.3 Å². The summed E-state index contributed by atoms with van der Waals surface area (Å²) >= 11 is 0. The highest BCUT2D eigenvalue weighted by atomic mass is 16.5. The molecule has 5 atom stereocenters. The molecule has 0 spiro atoms. The third-order valence-corrected chi connectivity index (χ3v) is 6.39. The van der Waals surface area contributed by atoms with Gasteiger partial charge in [-0.25, -0.2) is 0 Å². The van der Waals surface area contributed by atoms with Crippen molar-refractivity contribution in [1.82, 2.24) is 4.98 Å². The van der Waals surface area contributed by atoms with Crippen molar-refractivity contribution in [3.8, 4) is 0 Å². The molecule has 0 saturated carbocycles. The third-order valence-electron chi connectivity index (χ3n) is 6.39. The molecule has 1 N–H and O–H groups in total. The second-order valence-electron chi connectivity index (χ2n) is 7.98. The summed E-state index contributed by atoms with van der Waals surface area (Å²) in [6, 6.07) is 10.5. The molecule has 0 radical (unpaired) electrons. The highest BCUT2D eigenvalue weighted by molar-refractivity contribution is 5.82. The largest absolute Gasteiger partial charge is 0.451 e. The van der Waals surface area contributed by atoms with Gasteiger partial charge < -0.3 is 9.64 Å². The molecule has 3 saturated heterocycles. The minimum absolute atomic E-state index is 0.0919. The molecule has 4 heterocycles. The second kappa shape index (κ2) is 7.81.